The summed E-state index contributed by atoms with van der Waals surface area (Å²) in [6.45, 7) is 3.85. The predicted octanol–water partition coefficient (Wildman–Crippen LogP) is 5.84. The fourth-order valence-electron chi connectivity index (χ4n) is 6.34. The van der Waals surface area contributed by atoms with Crippen molar-refractivity contribution in [1.82, 2.24) is 9.80 Å². The van der Waals surface area contributed by atoms with Gasteiger partial charge in [-0.2, -0.15) is 0 Å². The molecule has 1 amide bonds. The number of benzene rings is 4. The quantitative estimate of drug-likeness (QED) is 0.360. The molecule has 4 aromatic rings. The summed E-state index contributed by atoms with van der Waals surface area (Å²) in [5.41, 5.74) is 8.79. The second-order valence-corrected chi connectivity index (χ2v) is 10.7. The summed E-state index contributed by atoms with van der Waals surface area (Å²) in [5.74, 6) is 0.376. The Morgan fingerprint density at radius 2 is 1.50 bits per heavy atom. The van der Waals surface area contributed by atoms with Crippen LogP contribution in [0, 0.1) is 6.92 Å². The number of hydrogen-bond acceptors (Lipinski definition) is 3. The van der Waals surface area contributed by atoms with Gasteiger partial charge in [-0.1, -0.05) is 84.9 Å². The van der Waals surface area contributed by atoms with E-state index in [1.54, 1.807) is 12.1 Å². The fourth-order valence-corrected chi connectivity index (χ4v) is 6.34. The lowest BCUT2D eigenvalue weighted by Crippen LogP contribution is -2.48. The minimum absolute atomic E-state index is 0.0495. The summed E-state index contributed by atoms with van der Waals surface area (Å²) in [6, 6.07) is 33.2. The van der Waals surface area contributed by atoms with Crippen LogP contribution in [0.3, 0.4) is 0 Å². The Morgan fingerprint density at radius 3 is 2.21 bits per heavy atom. The van der Waals surface area contributed by atoms with E-state index in [2.05, 4.69) is 89.5 Å². The largest absolute Gasteiger partial charge is 0.508 e. The molecular weight excluding hydrogens is 468 g/mol. The summed E-state index contributed by atoms with van der Waals surface area (Å²) in [5, 5.41) is 10.1. The number of nitrogens with zero attached hydrogens (tertiary/aromatic N) is 2. The van der Waals surface area contributed by atoms with Gasteiger partial charge in [0.15, 0.2) is 0 Å². The first-order chi connectivity index (χ1) is 18.6. The lowest BCUT2D eigenvalue weighted by Gasteiger charge is -2.39. The van der Waals surface area contributed by atoms with E-state index in [1.165, 1.54) is 33.4 Å². The first-order valence-electron chi connectivity index (χ1n) is 13.6. The minimum atomic E-state index is 0.0495. The van der Waals surface area contributed by atoms with Crippen LogP contribution in [0.2, 0.25) is 0 Å². The molecule has 1 atom stereocenters. The van der Waals surface area contributed by atoms with Crippen molar-refractivity contribution < 1.29 is 9.90 Å². The summed E-state index contributed by atoms with van der Waals surface area (Å²) in [6.07, 6.45) is 2.67. The van der Waals surface area contributed by atoms with Crippen LogP contribution < -0.4 is 0 Å². The highest BCUT2D eigenvalue weighted by Crippen LogP contribution is 2.37. The molecule has 4 aromatic carbocycles. The highest BCUT2D eigenvalue weighted by Gasteiger charge is 2.35. The zero-order chi connectivity index (χ0) is 26.1. The first kappa shape index (κ1) is 24.4. The molecule has 6 rings (SSSR count). The van der Waals surface area contributed by atoms with Crippen LogP contribution in [-0.2, 0) is 30.6 Å². The highest BCUT2D eigenvalue weighted by atomic mass is 16.3. The summed E-state index contributed by atoms with van der Waals surface area (Å²) < 4.78 is 0. The van der Waals surface area contributed by atoms with Crippen LogP contribution in [0.5, 0.6) is 5.75 Å². The van der Waals surface area contributed by atoms with E-state index in [-0.39, 0.29) is 23.7 Å². The number of rotatable bonds is 6. The van der Waals surface area contributed by atoms with E-state index < -0.39 is 0 Å². The van der Waals surface area contributed by atoms with Crippen molar-refractivity contribution in [2.24, 2.45) is 0 Å². The Labute approximate surface area is 225 Å². The molecule has 1 aliphatic heterocycles. The number of carbonyl (C=O) groups excluding carboxylic acids is 1. The monoisotopic (exact) mass is 502 g/mol. The maximum absolute atomic E-state index is 14.2. The van der Waals surface area contributed by atoms with Gasteiger partial charge in [-0.25, -0.2) is 0 Å². The van der Waals surface area contributed by atoms with Crippen molar-refractivity contribution in [2.45, 2.75) is 44.8 Å². The molecule has 1 N–H and O–H groups in total. The maximum atomic E-state index is 14.2. The molecule has 1 aliphatic carbocycles. The molecule has 0 saturated carbocycles. The standard InChI is InChI=1S/C34H34N2O2/c1-24-9-2-6-15-31(24)34-32-16-7-5-11-26(32)17-18-35(34)23-33(38)36(22-25-10-8-14-30(37)19-25)29-20-27-12-3-4-13-28(27)21-29/h2-16,19,29,34,37H,17-18,20-23H2,1H3/t34-/m0/s1. The van der Waals surface area contributed by atoms with E-state index in [4.69, 9.17) is 0 Å². The van der Waals surface area contributed by atoms with E-state index in [0.29, 0.717) is 13.1 Å². The first-order valence-corrected chi connectivity index (χ1v) is 13.6. The van der Waals surface area contributed by atoms with Crippen LogP contribution >= 0.6 is 0 Å². The van der Waals surface area contributed by atoms with Gasteiger partial charge in [0.25, 0.3) is 0 Å². The molecule has 4 nitrogen and oxygen atoms in total. The number of phenolic OH excluding ortho intramolecular Hbond substituents is 1. The van der Waals surface area contributed by atoms with E-state index >= 15 is 0 Å². The average Bonchev–Trinajstić information content (AvgIpc) is 3.36. The third-order valence-corrected chi connectivity index (χ3v) is 8.26. The van der Waals surface area contributed by atoms with Crippen LogP contribution in [0.25, 0.3) is 0 Å². The zero-order valence-corrected chi connectivity index (χ0v) is 21.9. The highest BCUT2D eigenvalue weighted by molar-refractivity contribution is 5.79. The van der Waals surface area contributed by atoms with Crippen LogP contribution in [0.4, 0.5) is 0 Å². The predicted molar refractivity (Wildman–Crippen MR) is 151 cm³/mol. The molecular formula is C34H34N2O2. The Bertz CT molecular complexity index is 1440. The van der Waals surface area contributed by atoms with Crippen molar-refractivity contribution in [2.75, 3.05) is 13.1 Å². The van der Waals surface area contributed by atoms with Crippen LogP contribution in [0.15, 0.2) is 97.1 Å². The van der Waals surface area contributed by atoms with E-state index in [1.807, 2.05) is 12.1 Å². The number of phenols is 1. The molecule has 0 spiro atoms. The second kappa shape index (κ2) is 10.5. The zero-order valence-electron chi connectivity index (χ0n) is 21.9. The van der Waals surface area contributed by atoms with E-state index in [0.717, 1.165) is 31.4 Å². The lowest BCUT2D eigenvalue weighted by atomic mass is 9.86. The summed E-state index contributed by atoms with van der Waals surface area (Å²) in [7, 11) is 0. The van der Waals surface area contributed by atoms with Gasteiger partial charge >= 0.3 is 0 Å². The molecule has 0 aromatic heterocycles. The molecule has 0 radical (unpaired) electrons. The fraction of sp³-hybridized carbons (Fsp3) is 0.265. The van der Waals surface area contributed by atoms with Gasteiger partial charge < -0.3 is 10.0 Å². The molecule has 0 saturated heterocycles. The Morgan fingerprint density at radius 1 is 0.842 bits per heavy atom. The summed E-state index contributed by atoms with van der Waals surface area (Å²) >= 11 is 0. The molecule has 38 heavy (non-hydrogen) atoms. The third-order valence-electron chi connectivity index (χ3n) is 8.26. The normalized spacial score (nSPS) is 17.1. The van der Waals surface area contributed by atoms with Gasteiger partial charge in [-0.05, 0) is 77.3 Å². The third kappa shape index (κ3) is 4.84. The minimum Gasteiger partial charge on any atom is -0.508 e. The lowest BCUT2D eigenvalue weighted by molar-refractivity contribution is -0.135. The van der Waals surface area contributed by atoms with Gasteiger partial charge in [-0.3, -0.25) is 9.69 Å². The van der Waals surface area contributed by atoms with Gasteiger partial charge in [0, 0.05) is 19.1 Å². The van der Waals surface area contributed by atoms with Crippen molar-refractivity contribution in [3.05, 3.63) is 136 Å². The van der Waals surface area contributed by atoms with Crippen LogP contribution in [0.1, 0.15) is 45.0 Å². The number of fused-ring (bicyclic) bond motifs is 2. The van der Waals surface area contributed by atoms with Crippen molar-refractivity contribution in [3.8, 4) is 5.75 Å². The smallest absolute Gasteiger partial charge is 0.237 e. The SMILES string of the molecule is Cc1ccccc1[C@H]1c2ccccc2CCN1CC(=O)N(Cc1cccc(O)c1)C1Cc2ccccc2C1. The van der Waals surface area contributed by atoms with Gasteiger partial charge in [-0.15, -0.1) is 0 Å². The van der Waals surface area contributed by atoms with Crippen molar-refractivity contribution in [3.63, 3.8) is 0 Å². The molecule has 0 bridgehead atoms. The number of amides is 1. The van der Waals surface area contributed by atoms with Gasteiger partial charge in [0.2, 0.25) is 5.91 Å². The van der Waals surface area contributed by atoms with E-state index in [9.17, 15) is 9.90 Å². The molecule has 0 fully saturated rings. The van der Waals surface area contributed by atoms with Crippen molar-refractivity contribution >= 4 is 5.91 Å². The number of aromatic hydroxyl groups is 1. The molecule has 1 heterocycles. The molecule has 0 unspecified atom stereocenters. The Kier molecular flexibility index (Phi) is 6.73. The number of hydrogen-bond donors (Lipinski definition) is 1. The second-order valence-electron chi connectivity index (χ2n) is 10.7. The topological polar surface area (TPSA) is 43.8 Å². The molecule has 192 valence electrons. The van der Waals surface area contributed by atoms with Crippen LogP contribution in [-0.4, -0.2) is 39.9 Å². The average molecular weight is 503 g/mol. The Hall–Kier alpha value is -3.89. The summed E-state index contributed by atoms with van der Waals surface area (Å²) in [4.78, 5) is 18.7. The number of aryl methyl sites for hydroxylation is 1. The Balaban J connectivity index is 1.32. The number of carbonyl (C=O) groups is 1. The maximum Gasteiger partial charge on any atom is 0.237 e. The molecule has 2 aliphatic rings. The molecule has 4 heteroatoms. The van der Waals surface area contributed by atoms with Crippen molar-refractivity contribution in [1.29, 1.82) is 0 Å². The van der Waals surface area contributed by atoms with Gasteiger partial charge in [0.05, 0.1) is 12.6 Å². The van der Waals surface area contributed by atoms with Gasteiger partial charge in [0.1, 0.15) is 5.75 Å².